The fourth-order valence-corrected chi connectivity index (χ4v) is 5.21. The van der Waals surface area contributed by atoms with Gasteiger partial charge in [0, 0.05) is 19.6 Å². The molecule has 0 aliphatic carbocycles. The van der Waals surface area contributed by atoms with Gasteiger partial charge in [-0.05, 0) is 69.0 Å². The number of rotatable bonds is 10. The van der Waals surface area contributed by atoms with Crippen molar-refractivity contribution < 1.29 is 17.9 Å². The zero-order valence-electron chi connectivity index (χ0n) is 18.8. The number of nitrogens with one attached hydrogen (secondary N) is 1. The van der Waals surface area contributed by atoms with Crippen LogP contribution in [0, 0.1) is 13.8 Å². The Kier molecular flexibility index (Phi) is 8.49. The average Bonchev–Trinajstić information content (AvgIpc) is 2.76. The molecular formula is C24H34N2O4S. The molecule has 1 heterocycles. The minimum absolute atomic E-state index is 0.111. The normalized spacial score (nSPS) is 17.6. The van der Waals surface area contributed by atoms with E-state index in [-0.39, 0.29) is 6.10 Å². The molecule has 3 rings (SSSR count). The number of sulfonamides is 1. The lowest BCUT2D eigenvalue weighted by Crippen LogP contribution is -2.39. The van der Waals surface area contributed by atoms with Gasteiger partial charge in [-0.3, -0.25) is 4.90 Å². The highest BCUT2D eigenvalue weighted by Crippen LogP contribution is 2.27. The van der Waals surface area contributed by atoms with Gasteiger partial charge in [-0.1, -0.05) is 30.3 Å². The Morgan fingerprint density at radius 2 is 1.84 bits per heavy atom. The highest BCUT2D eigenvalue weighted by atomic mass is 32.2. The Labute approximate surface area is 186 Å². The summed E-state index contributed by atoms with van der Waals surface area (Å²) in [6.45, 7) is 10.1. The van der Waals surface area contributed by atoms with Crippen molar-refractivity contribution >= 4 is 10.0 Å². The fourth-order valence-electron chi connectivity index (χ4n) is 3.96. The molecule has 1 aliphatic heterocycles. The van der Waals surface area contributed by atoms with Gasteiger partial charge in [-0.15, -0.1) is 0 Å². The summed E-state index contributed by atoms with van der Waals surface area (Å²) in [5, 5.41) is 0. The Morgan fingerprint density at radius 1 is 1.13 bits per heavy atom. The van der Waals surface area contributed by atoms with E-state index in [2.05, 4.69) is 21.8 Å². The minimum Gasteiger partial charge on any atom is -0.493 e. The number of hydrogen-bond acceptors (Lipinski definition) is 5. The maximum atomic E-state index is 12.7. The van der Waals surface area contributed by atoms with Crippen molar-refractivity contribution in [2.45, 2.75) is 44.6 Å². The highest BCUT2D eigenvalue weighted by molar-refractivity contribution is 7.89. The van der Waals surface area contributed by atoms with Gasteiger partial charge in [0.15, 0.2) is 0 Å². The van der Waals surface area contributed by atoms with Crippen molar-refractivity contribution in [1.29, 1.82) is 0 Å². The molecule has 0 bridgehead atoms. The summed E-state index contributed by atoms with van der Waals surface area (Å²) >= 11 is 0. The second kappa shape index (κ2) is 11.1. The van der Waals surface area contributed by atoms with Crippen molar-refractivity contribution in [2.75, 3.05) is 39.4 Å². The zero-order chi connectivity index (χ0) is 22.3. The van der Waals surface area contributed by atoms with Crippen LogP contribution in [0.25, 0.3) is 0 Å². The molecule has 1 fully saturated rings. The van der Waals surface area contributed by atoms with Crippen LogP contribution in [0.5, 0.6) is 5.75 Å². The van der Waals surface area contributed by atoms with E-state index in [1.807, 2.05) is 39.0 Å². The van der Waals surface area contributed by atoms with Crippen molar-refractivity contribution in [1.82, 2.24) is 9.62 Å². The number of morpholine rings is 1. The van der Waals surface area contributed by atoms with Crippen LogP contribution in [0.3, 0.4) is 0 Å². The summed E-state index contributed by atoms with van der Waals surface area (Å²) in [6, 6.07) is 13.7. The molecule has 170 valence electrons. The van der Waals surface area contributed by atoms with Crippen molar-refractivity contribution in [2.24, 2.45) is 0 Å². The molecule has 1 atom stereocenters. The van der Waals surface area contributed by atoms with E-state index in [9.17, 15) is 8.42 Å². The van der Waals surface area contributed by atoms with Gasteiger partial charge in [-0.25, -0.2) is 13.1 Å². The second-order valence-corrected chi connectivity index (χ2v) is 9.76. The van der Waals surface area contributed by atoms with Gasteiger partial charge >= 0.3 is 0 Å². The fraction of sp³-hybridized carbons (Fsp3) is 0.500. The van der Waals surface area contributed by atoms with Gasteiger partial charge in [0.25, 0.3) is 0 Å². The van der Waals surface area contributed by atoms with E-state index in [0.717, 1.165) is 56.0 Å². The standard InChI is InChI=1S/C24H34N2O4S/c1-4-29-24-19(2)16-22(17-20(24)3)31(27,28)25-12-8-9-13-26-14-15-30-23(18-26)21-10-6-5-7-11-21/h5-7,10-11,16-17,23,25H,4,8-9,12-15,18H2,1-3H3. The van der Waals surface area contributed by atoms with E-state index in [1.165, 1.54) is 5.56 Å². The molecule has 6 nitrogen and oxygen atoms in total. The van der Waals surface area contributed by atoms with E-state index >= 15 is 0 Å². The largest absolute Gasteiger partial charge is 0.493 e. The van der Waals surface area contributed by atoms with E-state index in [4.69, 9.17) is 9.47 Å². The van der Waals surface area contributed by atoms with Crippen LogP contribution in [-0.4, -0.2) is 52.7 Å². The predicted octanol–water partition coefficient (Wildman–Crippen LogP) is 3.83. The first kappa shape index (κ1) is 23.7. The van der Waals surface area contributed by atoms with Gasteiger partial charge in [-0.2, -0.15) is 0 Å². The summed E-state index contributed by atoms with van der Waals surface area (Å²) in [5.41, 5.74) is 2.88. The van der Waals surface area contributed by atoms with Gasteiger partial charge < -0.3 is 9.47 Å². The van der Waals surface area contributed by atoms with Crippen LogP contribution in [0.15, 0.2) is 47.4 Å². The highest BCUT2D eigenvalue weighted by Gasteiger charge is 2.21. The topological polar surface area (TPSA) is 67.9 Å². The molecule has 1 N–H and O–H groups in total. The first-order valence-electron chi connectivity index (χ1n) is 11.0. The lowest BCUT2D eigenvalue weighted by Gasteiger charge is -2.33. The Bertz CT molecular complexity index is 924. The average molecular weight is 447 g/mol. The lowest BCUT2D eigenvalue weighted by molar-refractivity contribution is -0.0303. The van der Waals surface area contributed by atoms with E-state index in [1.54, 1.807) is 12.1 Å². The quantitative estimate of drug-likeness (QED) is 0.562. The smallest absolute Gasteiger partial charge is 0.240 e. The Morgan fingerprint density at radius 3 is 2.52 bits per heavy atom. The Balaban J connectivity index is 1.45. The number of hydrogen-bond donors (Lipinski definition) is 1. The van der Waals surface area contributed by atoms with Crippen LogP contribution < -0.4 is 9.46 Å². The molecule has 2 aromatic carbocycles. The molecule has 1 unspecified atom stereocenters. The van der Waals surface area contributed by atoms with Gasteiger partial charge in [0.2, 0.25) is 10.0 Å². The van der Waals surface area contributed by atoms with Crippen LogP contribution in [0.1, 0.15) is 42.6 Å². The number of nitrogens with zero attached hydrogens (tertiary/aromatic N) is 1. The molecule has 7 heteroatoms. The number of unbranched alkanes of at least 4 members (excludes halogenated alkanes) is 1. The molecule has 1 aliphatic rings. The predicted molar refractivity (Wildman–Crippen MR) is 123 cm³/mol. The van der Waals surface area contributed by atoms with Crippen LogP contribution in [0.2, 0.25) is 0 Å². The third-order valence-corrected chi connectivity index (χ3v) is 6.99. The summed E-state index contributed by atoms with van der Waals surface area (Å²) in [4.78, 5) is 2.69. The van der Waals surface area contributed by atoms with Gasteiger partial charge in [0.05, 0.1) is 24.2 Å². The van der Waals surface area contributed by atoms with Crippen molar-refractivity contribution in [3.8, 4) is 5.75 Å². The molecular weight excluding hydrogens is 412 g/mol. The van der Waals surface area contributed by atoms with Crippen LogP contribution in [-0.2, 0) is 14.8 Å². The van der Waals surface area contributed by atoms with E-state index in [0.29, 0.717) is 18.0 Å². The van der Waals surface area contributed by atoms with E-state index < -0.39 is 10.0 Å². The first-order valence-corrected chi connectivity index (χ1v) is 12.5. The first-order chi connectivity index (χ1) is 14.9. The van der Waals surface area contributed by atoms with Crippen LogP contribution in [0.4, 0.5) is 0 Å². The molecule has 31 heavy (non-hydrogen) atoms. The molecule has 0 saturated carbocycles. The molecule has 0 spiro atoms. The van der Waals surface area contributed by atoms with Gasteiger partial charge in [0.1, 0.15) is 5.75 Å². The summed E-state index contributed by atoms with van der Waals surface area (Å²) in [7, 11) is -3.53. The zero-order valence-corrected chi connectivity index (χ0v) is 19.6. The third-order valence-electron chi connectivity index (χ3n) is 5.55. The summed E-state index contributed by atoms with van der Waals surface area (Å²) in [5.74, 6) is 0.765. The number of benzene rings is 2. The molecule has 2 aromatic rings. The Hall–Kier alpha value is -1.93. The SMILES string of the molecule is CCOc1c(C)cc(S(=O)(=O)NCCCCN2CCOC(c3ccccc3)C2)cc1C. The maximum Gasteiger partial charge on any atom is 0.240 e. The third kappa shape index (κ3) is 6.53. The van der Waals surface area contributed by atoms with Crippen molar-refractivity contribution in [3.63, 3.8) is 0 Å². The maximum absolute atomic E-state index is 12.7. The second-order valence-electron chi connectivity index (χ2n) is 7.99. The number of ether oxygens (including phenoxy) is 2. The summed E-state index contributed by atoms with van der Waals surface area (Å²) < 4.78 is 39.7. The molecule has 1 saturated heterocycles. The molecule has 0 aromatic heterocycles. The number of aryl methyl sites for hydroxylation is 2. The molecule has 0 amide bonds. The lowest BCUT2D eigenvalue weighted by atomic mass is 10.1. The molecule has 0 radical (unpaired) electrons. The van der Waals surface area contributed by atoms with Crippen molar-refractivity contribution in [3.05, 3.63) is 59.2 Å². The summed E-state index contributed by atoms with van der Waals surface area (Å²) in [6.07, 6.45) is 1.84. The van der Waals surface area contributed by atoms with Crippen LogP contribution >= 0.6 is 0 Å². The minimum atomic E-state index is -3.53. The monoisotopic (exact) mass is 446 g/mol.